The van der Waals surface area contributed by atoms with E-state index in [-0.39, 0.29) is 18.8 Å². The monoisotopic (exact) mass is 309 g/mol. The van der Waals surface area contributed by atoms with Gasteiger partial charge in [-0.2, -0.15) is 0 Å². The summed E-state index contributed by atoms with van der Waals surface area (Å²) < 4.78 is 13.1. The Morgan fingerprint density at radius 2 is 2.27 bits per heavy atom. The molecule has 0 radical (unpaired) electrons. The molecule has 3 rings (SSSR count). The van der Waals surface area contributed by atoms with Gasteiger partial charge in [0.15, 0.2) is 0 Å². The molecule has 1 N–H and O–H groups in total. The van der Waals surface area contributed by atoms with Gasteiger partial charge in [-0.3, -0.25) is 0 Å². The lowest BCUT2D eigenvalue weighted by atomic mass is 10.1. The number of rotatable bonds is 1. The molecule has 1 unspecified atom stereocenters. The summed E-state index contributed by atoms with van der Waals surface area (Å²) in [5.41, 5.74) is 1.56. The number of carbonyl (C=O) groups excluding carboxylic acids is 1. The first-order chi connectivity index (χ1) is 10.4. The number of aliphatic hydroxyl groups excluding tert-OH is 1. The molecule has 0 fully saturated rings. The van der Waals surface area contributed by atoms with Crippen LogP contribution in [-0.4, -0.2) is 50.5 Å². The van der Waals surface area contributed by atoms with Gasteiger partial charge >= 0.3 is 6.09 Å². The molecule has 1 aromatic heterocycles. The third-order valence-electron chi connectivity index (χ3n) is 3.88. The molecule has 1 amide bonds. The first kappa shape index (κ1) is 15.3. The van der Waals surface area contributed by atoms with Gasteiger partial charge in [0.2, 0.25) is 0 Å². The SMILES string of the molecule is CC(C)(C)OC(=O)N1CCc2nc3n(c2C1)CC(CO)OC3. The van der Waals surface area contributed by atoms with Gasteiger partial charge in [-0.1, -0.05) is 0 Å². The minimum Gasteiger partial charge on any atom is -0.444 e. The molecule has 0 spiro atoms. The third kappa shape index (κ3) is 2.96. The molecule has 2 aliphatic rings. The van der Waals surface area contributed by atoms with Gasteiger partial charge in [-0.15, -0.1) is 0 Å². The molecular weight excluding hydrogens is 286 g/mol. The van der Waals surface area contributed by atoms with Crippen LogP contribution in [0.15, 0.2) is 0 Å². The maximum Gasteiger partial charge on any atom is 0.410 e. The Morgan fingerprint density at radius 3 is 2.95 bits per heavy atom. The summed E-state index contributed by atoms with van der Waals surface area (Å²) in [5, 5.41) is 9.28. The molecule has 3 heterocycles. The Hall–Kier alpha value is -1.60. The van der Waals surface area contributed by atoms with Crippen LogP contribution >= 0.6 is 0 Å². The highest BCUT2D eigenvalue weighted by Gasteiger charge is 2.31. The molecule has 0 aliphatic carbocycles. The largest absolute Gasteiger partial charge is 0.444 e. The van der Waals surface area contributed by atoms with Gasteiger partial charge < -0.3 is 24.0 Å². The van der Waals surface area contributed by atoms with Gasteiger partial charge in [0, 0.05) is 13.0 Å². The van der Waals surface area contributed by atoms with Crippen molar-refractivity contribution < 1.29 is 19.4 Å². The van der Waals surface area contributed by atoms with Crippen molar-refractivity contribution in [2.24, 2.45) is 0 Å². The van der Waals surface area contributed by atoms with E-state index >= 15 is 0 Å². The van der Waals surface area contributed by atoms with E-state index in [1.165, 1.54) is 0 Å². The predicted octanol–water partition coefficient (Wildman–Crippen LogP) is 1.07. The maximum absolute atomic E-state index is 12.2. The predicted molar refractivity (Wildman–Crippen MR) is 78.2 cm³/mol. The Morgan fingerprint density at radius 1 is 1.50 bits per heavy atom. The maximum atomic E-state index is 12.2. The summed E-state index contributed by atoms with van der Waals surface area (Å²) in [6, 6.07) is 0. The van der Waals surface area contributed by atoms with E-state index < -0.39 is 5.60 Å². The third-order valence-corrected chi connectivity index (χ3v) is 3.88. The van der Waals surface area contributed by atoms with Crippen molar-refractivity contribution in [1.82, 2.24) is 14.5 Å². The number of hydrogen-bond donors (Lipinski definition) is 1. The number of ether oxygens (including phenoxy) is 2. The van der Waals surface area contributed by atoms with Gasteiger partial charge in [-0.25, -0.2) is 9.78 Å². The quantitative estimate of drug-likeness (QED) is 0.839. The summed E-state index contributed by atoms with van der Waals surface area (Å²) in [7, 11) is 0. The molecule has 0 saturated heterocycles. The summed E-state index contributed by atoms with van der Waals surface area (Å²) in [6.45, 7) is 7.68. The molecule has 7 heteroatoms. The zero-order valence-corrected chi connectivity index (χ0v) is 13.3. The van der Waals surface area contributed by atoms with Crippen LogP contribution in [0.3, 0.4) is 0 Å². The second-order valence-electron chi connectivity index (χ2n) is 6.80. The first-order valence-corrected chi connectivity index (χ1v) is 7.65. The van der Waals surface area contributed by atoms with Gasteiger partial charge in [-0.05, 0) is 20.8 Å². The van der Waals surface area contributed by atoms with E-state index in [2.05, 4.69) is 9.55 Å². The average molecular weight is 309 g/mol. The topological polar surface area (TPSA) is 76.8 Å². The van der Waals surface area contributed by atoms with Crippen LogP contribution in [-0.2, 0) is 35.6 Å². The number of carbonyl (C=O) groups is 1. The van der Waals surface area contributed by atoms with E-state index in [4.69, 9.17) is 9.47 Å². The van der Waals surface area contributed by atoms with E-state index in [1.807, 2.05) is 20.8 Å². The minimum absolute atomic E-state index is 0.0117. The number of imidazole rings is 1. The highest BCUT2D eigenvalue weighted by molar-refractivity contribution is 5.68. The first-order valence-electron chi connectivity index (χ1n) is 7.65. The lowest BCUT2D eigenvalue weighted by Crippen LogP contribution is -2.41. The fraction of sp³-hybridized carbons (Fsp3) is 0.733. The summed E-state index contributed by atoms with van der Waals surface area (Å²) in [5.74, 6) is 0.876. The number of nitrogens with zero attached hydrogens (tertiary/aromatic N) is 3. The van der Waals surface area contributed by atoms with Crippen LogP contribution in [0.5, 0.6) is 0 Å². The Balaban J connectivity index is 1.78. The van der Waals surface area contributed by atoms with Crippen LogP contribution in [0.2, 0.25) is 0 Å². The van der Waals surface area contributed by atoms with Crippen molar-refractivity contribution in [3.8, 4) is 0 Å². The summed E-state index contributed by atoms with van der Waals surface area (Å²) >= 11 is 0. The molecule has 2 aliphatic heterocycles. The number of aliphatic hydroxyl groups is 1. The second-order valence-corrected chi connectivity index (χ2v) is 6.80. The molecule has 0 aromatic carbocycles. The van der Waals surface area contributed by atoms with Crippen molar-refractivity contribution in [3.63, 3.8) is 0 Å². The van der Waals surface area contributed by atoms with Crippen molar-refractivity contribution in [2.75, 3.05) is 13.2 Å². The van der Waals surface area contributed by atoms with Crippen LogP contribution in [0.4, 0.5) is 4.79 Å². The lowest BCUT2D eigenvalue weighted by Gasteiger charge is -2.31. The van der Waals surface area contributed by atoms with Crippen LogP contribution in [0.25, 0.3) is 0 Å². The molecule has 1 aromatic rings. The zero-order valence-electron chi connectivity index (χ0n) is 13.3. The van der Waals surface area contributed by atoms with Crippen molar-refractivity contribution >= 4 is 6.09 Å². The smallest absolute Gasteiger partial charge is 0.410 e. The zero-order chi connectivity index (χ0) is 15.9. The Labute approximate surface area is 129 Å². The number of amides is 1. The van der Waals surface area contributed by atoms with E-state index in [1.54, 1.807) is 4.90 Å². The summed E-state index contributed by atoms with van der Waals surface area (Å²) in [4.78, 5) is 18.6. The molecule has 122 valence electrons. The summed E-state index contributed by atoms with van der Waals surface area (Å²) in [6.07, 6.45) is 0.223. The van der Waals surface area contributed by atoms with Crippen LogP contribution in [0.1, 0.15) is 38.0 Å². The Bertz CT molecular complexity index is 576. The molecule has 7 nitrogen and oxygen atoms in total. The molecular formula is C15H23N3O4. The lowest BCUT2D eigenvalue weighted by molar-refractivity contribution is -0.0305. The minimum atomic E-state index is -0.496. The second kappa shape index (κ2) is 5.55. The molecule has 0 saturated carbocycles. The normalized spacial score (nSPS) is 21.3. The number of fused-ring (bicyclic) bond motifs is 3. The average Bonchev–Trinajstić information content (AvgIpc) is 2.82. The van der Waals surface area contributed by atoms with Crippen LogP contribution in [0, 0.1) is 0 Å². The molecule has 1 atom stereocenters. The highest BCUT2D eigenvalue weighted by Crippen LogP contribution is 2.25. The number of aromatic nitrogens is 2. The fourth-order valence-corrected chi connectivity index (χ4v) is 2.84. The number of hydrogen-bond acceptors (Lipinski definition) is 5. The molecule has 22 heavy (non-hydrogen) atoms. The van der Waals surface area contributed by atoms with Gasteiger partial charge in [0.05, 0.1) is 37.2 Å². The van der Waals surface area contributed by atoms with Crippen molar-refractivity contribution in [3.05, 3.63) is 17.2 Å². The van der Waals surface area contributed by atoms with Crippen molar-refractivity contribution in [2.45, 2.75) is 58.6 Å². The molecule has 0 bridgehead atoms. The van der Waals surface area contributed by atoms with Gasteiger partial charge in [0.25, 0.3) is 0 Å². The standard InChI is InChI=1S/C15H23N3O4/c1-15(2,3)22-14(20)17-5-4-11-12(7-17)18-6-10(8-19)21-9-13(18)16-11/h10,19H,4-9H2,1-3H3. The van der Waals surface area contributed by atoms with Gasteiger partial charge in [0.1, 0.15) is 18.0 Å². The van der Waals surface area contributed by atoms with Crippen molar-refractivity contribution in [1.29, 1.82) is 0 Å². The van der Waals surface area contributed by atoms with E-state index in [9.17, 15) is 9.90 Å². The van der Waals surface area contributed by atoms with E-state index in [0.29, 0.717) is 26.2 Å². The highest BCUT2D eigenvalue weighted by atomic mass is 16.6. The van der Waals surface area contributed by atoms with E-state index in [0.717, 1.165) is 23.6 Å². The fourth-order valence-electron chi connectivity index (χ4n) is 2.84. The van der Waals surface area contributed by atoms with Crippen LogP contribution < -0.4 is 0 Å². The Kier molecular flexibility index (Phi) is 3.86.